The lowest BCUT2D eigenvalue weighted by Crippen LogP contribution is -2.51. The molecule has 2 aliphatic heterocycles. The van der Waals surface area contributed by atoms with Crippen LogP contribution in [0.3, 0.4) is 0 Å². The van der Waals surface area contributed by atoms with Crippen LogP contribution in [-0.2, 0) is 17.3 Å². The summed E-state index contributed by atoms with van der Waals surface area (Å²) in [4.78, 5) is 13.8. The monoisotopic (exact) mass is 457 g/mol. The van der Waals surface area contributed by atoms with Crippen molar-refractivity contribution >= 4 is 5.78 Å². The third kappa shape index (κ3) is 3.29. The molecular formula is C28H35N5O. The van der Waals surface area contributed by atoms with E-state index in [0.717, 1.165) is 57.8 Å². The fourth-order valence-corrected chi connectivity index (χ4v) is 6.31. The Morgan fingerprint density at radius 1 is 1.24 bits per heavy atom. The normalized spacial score (nSPS) is 25.6. The van der Waals surface area contributed by atoms with Gasteiger partial charge >= 0.3 is 0 Å². The largest absolute Gasteiger partial charge is 0.362 e. The maximum absolute atomic E-state index is 13.8. The number of fused-ring (bicyclic) bond motifs is 1. The van der Waals surface area contributed by atoms with Gasteiger partial charge in [0.15, 0.2) is 11.9 Å². The van der Waals surface area contributed by atoms with E-state index < -0.39 is 5.41 Å². The van der Waals surface area contributed by atoms with Crippen molar-refractivity contribution in [3.05, 3.63) is 64.3 Å². The van der Waals surface area contributed by atoms with Gasteiger partial charge in [-0.05, 0) is 48.3 Å². The highest BCUT2D eigenvalue weighted by molar-refractivity contribution is 6.01. The number of nitrogens with zero attached hydrogens (tertiary/aromatic N) is 4. The summed E-state index contributed by atoms with van der Waals surface area (Å²) in [6.45, 7) is 12.9. The van der Waals surface area contributed by atoms with Gasteiger partial charge in [-0.3, -0.25) is 9.48 Å². The van der Waals surface area contributed by atoms with Gasteiger partial charge < -0.3 is 5.32 Å². The number of rotatable bonds is 4. The van der Waals surface area contributed by atoms with Gasteiger partial charge in [-0.1, -0.05) is 52.8 Å². The van der Waals surface area contributed by atoms with Crippen molar-refractivity contribution in [2.24, 2.45) is 22.7 Å². The molecule has 6 heteroatoms. The maximum Gasteiger partial charge on any atom is 0.165 e. The SMILES string of the molecule is CC[C@]1(c2cccc(-c3cn(C)nc3C(C)C)c2)C2=C(CC(C)(C)CC2=O)NC2N=NC(C)=C21. The van der Waals surface area contributed by atoms with Gasteiger partial charge in [-0.25, -0.2) is 0 Å². The molecule has 3 heterocycles. The summed E-state index contributed by atoms with van der Waals surface area (Å²) >= 11 is 0. The van der Waals surface area contributed by atoms with Gasteiger partial charge in [0.25, 0.3) is 0 Å². The fourth-order valence-electron chi connectivity index (χ4n) is 6.31. The number of carbonyl (C=O) groups excluding carboxylic acids is 1. The quantitative estimate of drug-likeness (QED) is 0.597. The Labute approximate surface area is 202 Å². The number of aromatic nitrogens is 2. The van der Waals surface area contributed by atoms with Crippen LogP contribution in [0.5, 0.6) is 0 Å². The van der Waals surface area contributed by atoms with Crippen LogP contribution in [0.4, 0.5) is 0 Å². The Kier molecular flexibility index (Phi) is 5.19. The molecule has 0 bridgehead atoms. The Hall–Kier alpha value is -3.02. The van der Waals surface area contributed by atoms with E-state index in [2.05, 4.69) is 80.6 Å². The number of allylic oxidation sites excluding steroid dienone is 3. The topological polar surface area (TPSA) is 71.6 Å². The summed E-state index contributed by atoms with van der Waals surface area (Å²) in [5.41, 5.74) is 7.89. The smallest absolute Gasteiger partial charge is 0.165 e. The van der Waals surface area contributed by atoms with Gasteiger partial charge in [0.1, 0.15) is 0 Å². The Balaban J connectivity index is 1.76. The Bertz CT molecular complexity index is 1280. The molecule has 0 radical (unpaired) electrons. The molecule has 5 rings (SSSR count). The van der Waals surface area contributed by atoms with Gasteiger partial charge in [0.2, 0.25) is 0 Å². The summed E-state index contributed by atoms with van der Waals surface area (Å²) < 4.78 is 1.89. The van der Waals surface area contributed by atoms with Crippen LogP contribution in [0.1, 0.15) is 78.0 Å². The third-order valence-corrected chi connectivity index (χ3v) is 7.66. The molecule has 2 atom stereocenters. The van der Waals surface area contributed by atoms with Crippen molar-refractivity contribution in [1.29, 1.82) is 0 Å². The molecule has 0 spiro atoms. The highest BCUT2D eigenvalue weighted by atomic mass is 16.1. The number of ketones is 1. The number of aryl methyl sites for hydroxylation is 1. The second kappa shape index (κ2) is 7.76. The first kappa shape index (κ1) is 22.8. The summed E-state index contributed by atoms with van der Waals surface area (Å²) in [5.74, 6) is 0.554. The van der Waals surface area contributed by atoms with Crippen molar-refractivity contribution in [1.82, 2.24) is 15.1 Å². The predicted molar refractivity (Wildman–Crippen MR) is 134 cm³/mol. The maximum atomic E-state index is 13.8. The molecular weight excluding hydrogens is 422 g/mol. The molecule has 1 N–H and O–H groups in total. The first-order chi connectivity index (χ1) is 16.1. The first-order valence-electron chi connectivity index (χ1n) is 12.4. The van der Waals surface area contributed by atoms with E-state index in [1.807, 2.05) is 18.7 Å². The third-order valence-electron chi connectivity index (χ3n) is 7.66. The minimum absolute atomic E-state index is 0.0713. The van der Waals surface area contributed by atoms with E-state index in [1.165, 1.54) is 0 Å². The van der Waals surface area contributed by atoms with Crippen LogP contribution in [0, 0.1) is 5.41 Å². The Morgan fingerprint density at radius 2 is 2.00 bits per heavy atom. The molecule has 1 aliphatic carbocycles. The number of benzene rings is 1. The van der Waals surface area contributed by atoms with Crippen LogP contribution >= 0.6 is 0 Å². The number of nitrogens with one attached hydrogen (secondary N) is 1. The van der Waals surface area contributed by atoms with Crippen molar-refractivity contribution in [2.45, 2.75) is 78.3 Å². The number of azo groups is 1. The lowest BCUT2D eigenvalue weighted by molar-refractivity contribution is -0.119. The Morgan fingerprint density at radius 3 is 2.71 bits per heavy atom. The minimum Gasteiger partial charge on any atom is -0.362 e. The summed E-state index contributed by atoms with van der Waals surface area (Å²) in [6.07, 6.45) is 4.06. The van der Waals surface area contributed by atoms with Crippen LogP contribution in [0.25, 0.3) is 11.1 Å². The predicted octanol–water partition coefficient (Wildman–Crippen LogP) is 6.17. The van der Waals surface area contributed by atoms with Crippen LogP contribution < -0.4 is 5.32 Å². The van der Waals surface area contributed by atoms with Crippen LogP contribution in [-0.4, -0.2) is 21.7 Å². The molecule has 1 aromatic carbocycles. The molecule has 3 aliphatic rings. The van der Waals surface area contributed by atoms with Gasteiger partial charge in [-0.15, -0.1) is 0 Å². The van der Waals surface area contributed by atoms with E-state index in [4.69, 9.17) is 5.10 Å². The second-order valence-corrected chi connectivity index (χ2v) is 11.2. The van der Waals surface area contributed by atoms with E-state index in [9.17, 15) is 4.79 Å². The van der Waals surface area contributed by atoms with Crippen molar-refractivity contribution in [3.63, 3.8) is 0 Å². The molecule has 2 aromatic rings. The van der Waals surface area contributed by atoms with Crippen LogP contribution in [0.15, 0.2) is 63.2 Å². The molecule has 0 saturated heterocycles. The standard InChI is InChI=1S/C28H35N5O/c1-8-28(19-11-9-10-18(12-19)20-15-33(7)32-25(20)16(2)3)23-17(4)30-31-26(23)29-21-13-27(5,6)14-22(34)24(21)28/h9-12,15-16,26,29H,8,13-14H2,1-7H3/t26?,28-/m1/s1. The summed E-state index contributed by atoms with van der Waals surface area (Å²) in [6, 6.07) is 8.72. The van der Waals surface area contributed by atoms with Crippen molar-refractivity contribution in [3.8, 4) is 11.1 Å². The molecule has 34 heavy (non-hydrogen) atoms. The average Bonchev–Trinajstić information content (AvgIpc) is 3.34. The molecule has 6 nitrogen and oxygen atoms in total. The lowest BCUT2D eigenvalue weighted by Gasteiger charge is -2.48. The summed E-state index contributed by atoms with van der Waals surface area (Å²) in [5, 5.41) is 17.4. The average molecular weight is 458 g/mol. The molecule has 0 saturated carbocycles. The molecule has 1 unspecified atom stereocenters. The number of hydrogen-bond donors (Lipinski definition) is 1. The second-order valence-electron chi connectivity index (χ2n) is 11.2. The van der Waals surface area contributed by atoms with Gasteiger partial charge in [0, 0.05) is 42.1 Å². The minimum atomic E-state index is -0.539. The zero-order chi connectivity index (χ0) is 24.4. The molecule has 1 aromatic heterocycles. The zero-order valence-corrected chi connectivity index (χ0v) is 21.4. The van der Waals surface area contributed by atoms with Gasteiger partial charge in [-0.2, -0.15) is 15.3 Å². The van der Waals surface area contributed by atoms with E-state index in [1.54, 1.807) is 0 Å². The van der Waals surface area contributed by atoms with Crippen molar-refractivity contribution < 1.29 is 4.79 Å². The summed E-state index contributed by atoms with van der Waals surface area (Å²) in [7, 11) is 1.97. The number of carbonyl (C=O) groups is 1. The highest BCUT2D eigenvalue weighted by Crippen LogP contribution is 2.55. The zero-order valence-electron chi connectivity index (χ0n) is 21.4. The highest BCUT2D eigenvalue weighted by Gasteiger charge is 2.53. The van der Waals surface area contributed by atoms with Crippen LogP contribution in [0.2, 0.25) is 0 Å². The molecule has 0 fully saturated rings. The molecule has 0 amide bonds. The van der Waals surface area contributed by atoms with E-state index in [0.29, 0.717) is 12.3 Å². The number of Topliss-reactive ketones (excluding diaryl/α,β-unsaturated/α-hetero) is 1. The van der Waals surface area contributed by atoms with E-state index >= 15 is 0 Å². The number of hydrogen-bond acceptors (Lipinski definition) is 5. The molecule has 178 valence electrons. The lowest BCUT2D eigenvalue weighted by atomic mass is 9.58. The van der Waals surface area contributed by atoms with Gasteiger partial charge in [0.05, 0.1) is 16.8 Å². The fraction of sp³-hybridized carbons (Fsp3) is 0.500. The van der Waals surface area contributed by atoms with E-state index in [-0.39, 0.29) is 17.4 Å². The van der Waals surface area contributed by atoms with Crippen molar-refractivity contribution in [2.75, 3.05) is 0 Å². The first-order valence-corrected chi connectivity index (χ1v) is 12.4.